The number of hydrogen-bond acceptors (Lipinski definition) is 3. The van der Waals surface area contributed by atoms with E-state index in [2.05, 4.69) is 15.2 Å². The number of ether oxygens (including phenoxy) is 1. The SMILES string of the molecule is CCOCC1CCN(C(=NC)NCc2ccc(F)c(CN(C)C)c2)C1. The number of benzene rings is 1. The second-order valence-corrected chi connectivity index (χ2v) is 6.82. The van der Waals surface area contributed by atoms with Crippen LogP contribution < -0.4 is 5.32 Å². The van der Waals surface area contributed by atoms with E-state index in [0.717, 1.165) is 49.8 Å². The zero-order valence-electron chi connectivity index (χ0n) is 15.9. The number of halogens is 1. The highest BCUT2D eigenvalue weighted by Gasteiger charge is 2.24. The lowest BCUT2D eigenvalue weighted by Crippen LogP contribution is -2.39. The molecule has 1 aliphatic rings. The fourth-order valence-electron chi connectivity index (χ4n) is 3.16. The van der Waals surface area contributed by atoms with Gasteiger partial charge in [-0.2, -0.15) is 0 Å². The molecule has 0 bridgehead atoms. The zero-order valence-corrected chi connectivity index (χ0v) is 15.9. The first-order valence-electron chi connectivity index (χ1n) is 8.98. The van der Waals surface area contributed by atoms with Crippen LogP contribution in [0.25, 0.3) is 0 Å². The molecule has 1 saturated heterocycles. The highest BCUT2D eigenvalue weighted by molar-refractivity contribution is 5.80. The molecule has 6 heteroatoms. The number of rotatable bonds is 7. The van der Waals surface area contributed by atoms with Crippen LogP contribution in [-0.2, 0) is 17.8 Å². The summed E-state index contributed by atoms with van der Waals surface area (Å²) in [5.41, 5.74) is 1.78. The van der Waals surface area contributed by atoms with Crippen molar-refractivity contribution in [3.05, 3.63) is 35.1 Å². The second kappa shape index (κ2) is 9.73. The number of hydrogen-bond donors (Lipinski definition) is 1. The number of guanidine groups is 1. The van der Waals surface area contributed by atoms with Crippen LogP contribution in [0.1, 0.15) is 24.5 Å². The van der Waals surface area contributed by atoms with Crippen molar-refractivity contribution in [2.75, 3.05) is 47.4 Å². The van der Waals surface area contributed by atoms with Crippen LogP contribution in [0.5, 0.6) is 0 Å². The lowest BCUT2D eigenvalue weighted by Gasteiger charge is -2.22. The first-order chi connectivity index (χ1) is 12.0. The highest BCUT2D eigenvalue weighted by Crippen LogP contribution is 2.17. The maximum atomic E-state index is 13.9. The second-order valence-electron chi connectivity index (χ2n) is 6.82. The normalized spacial score (nSPS) is 18.2. The number of aliphatic imine (C=N–C) groups is 1. The standard InChI is InChI=1S/C19H31FN4O/c1-5-25-14-16-8-9-24(12-16)19(21-2)22-11-15-6-7-18(20)17(10-15)13-23(3)4/h6-7,10,16H,5,8-9,11-14H2,1-4H3,(H,21,22). The molecule has 25 heavy (non-hydrogen) atoms. The van der Waals surface area contributed by atoms with Crippen molar-refractivity contribution in [3.8, 4) is 0 Å². The van der Waals surface area contributed by atoms with Crippen molar-refractivity contribution >= 4 is 5.96 Å². The molecule has 0 spiro atoms. The third-order valence-corrected chi connectivity index (χ3v) is 4.40. The average Bonchev–Trinajstić information content (AvgIpc) is 3.04. The Morgan fingerprint density at radius 1 is 1.44 bits per heavy atom. The molecule has 1 aliphatic heterocycles. The van der Waals surface area contributed by atoms with E-state index in [1.54, 1.807) is 13.1 Å². The summed E-state index contributed by atoms with van der Waals surface area (Å²) in [5.74, 6) is 1.31. The molecule has 0 saturated carbocycles. The summed E-state index contributed by atoms with van der Waals surface area (Å²) in [6.07, 6.45) is 1.13. The van der Waals surface area contributed by atoms with Gasteiger partial charge in [-0.05, 0) is 45.1 Å². The van der Waals surface area contributed by atoms with Gasteiger partial charge in [-0.3, -0.25) is 4.99 Å². The summed E-state index contributed by atoms with van der Waals surface area (Å²) in [6, 6.07) is 5.31. The Balaban J connectivity index is 1.91. The molecule has 2 rings (SSSR count). The van der Waals surface area contributed by atoms with E-state index in [4.69, 9.17) is 4.74 Å². The Morgan fingerprint density at radius 3 is 2.92 bits per heavy atom. The molecule has 1 unspecified atom stereocenters. The van der Waals surface area contributed by atoms with Gasteiger partial charge in [-0.1, -0.05) is 6.07 Å². The van der Waals surface area contributed by atoms with Crippen molar-refractivity contribution in [1.82, 2.24) is 15.1 Å². The van der Waals surface area contributed by atoms with Crippen LogP contribution in [0.15, 0.2) is 23.2 Å². The van der Waals surface area contributed by atoms with Gasteiger partial charge in [0.25, 0.3) is 0 Å². The zero-order chi connectivity index (χ0) is 18.2. The fourth-order valence-corrected chi connectivity index (χ4v) is 3.16. The van der Waals surface area contributed by atoms with Crippen LogP contribution in [0.3, 0.4) is 0 Å². The fraction of sp³-hybridized carbons (Fsp3) is 0.632. The van der Waals surface area contributed by atoms with Crippen molar-refractivity contribution in [3.63, 3.8) is 0 Å². The monoisotopic (exact) mass is 350 g/mol. The smallest absolute Gasteiger partial charge is 0.193 e. The minimum Gasteiger partial charge on any atom is -0.381 e. The van der Waals surface area contributed by atoms with Gasteiger partial charge in [0.1, 0.15) is 5.82 Å². The summed E-state index contributed by atoms with van der Waals surface area (Å²) in [6.45, 7) is 6.81. The van der Waals surface area contributed by atoms with E-state index in [-0.39, 0.29) is 5.82 Å². The summed E-state index contributed by atoms with van der Waals surface area (Å²) in [5, 5.41) is 3.40. The maximum Gasteiger partial charge on any atom is 0.193 e. The number of nitrogens with zero attached hydrogens (tertiary/aromatic N) is 3. The molecule has 1 N–H and O–H groups in total. The molecule has 1 heterocycles. The van der Waals surface area contributed by atoms with E-state index in [9.17, 15) is 4.39 Å². The molecule has 140 valence electrons. The average molecular weight is 350 g/mol. The molecule has 0 aromatic heterocycles. The first-order valence-corrected chi connectivity index (χ1v) is 8.98. The summed E-state index contributed by atoms with van der Waals surface area (Å²) >= 11 is 0. The van der Waals surface area contributed by atoms with Crippen molar-refractivity contribution in [2.45, 2.75) is 26.4 Å². The largest absolute Gasteiger partial charge is 0.381 e. The van der Waals surface area contributed by atoms with E-state index in [0.29, 0.717) is 19.0 Å². The van der Waals surface area contributed by atoms with Gasteiger partial charge in [0.15, 0.2) is 5.96 Å². The van der Waals surface area contributed by atoms with Crippen molar-refractivity contribution in [2.24, 2.45) is 10.9 Å². The van der Waals surface area contributed by atoms with Gasteiger partial charge in [0.2, 0.25) is 0 Å². The molecular formula is C19H31FN4O. The van der Waals surface area contributed by atoms with Crippen LogP contribution in [0, 0.1) is 11.7 Å². The topological polar surface area (TPSA) is 40.1 Å². The van der Waals surface area contributed by atoms with Gasteiger partial charge in [0, 0.05) is 51.3 Å². The Bertz CT molecular complexity index is 577. The summed E-state index contributed by atoms with van der Waals surface area (Å²) in [4.78, 5) is 8.64. The van der Waals surface area contributed by atoms with E-state index >= 15 is 0 Å². The van der Waals surface area contributed by atoms with E-state index in [1.807, 2.05) is 38.1 Å². The predicted octanol–water partition coefficient (Wildman–Crippen LogP) is 2.32. The van der Waals surface area contributed by atoms with Crippen molar-refractivity contribution < 1.29 is 9.13 Å². The van der Waals surface area contributed by atoms with E-state index in [1.165, 1.54) is 0 Å². The van der Waals surface area contributed by atoms with Crippen molar-refractivity contribution in [1.29, 1.82) is 0 Å². The molecule has 5 nitrogen and oxygen atoms in total. The van der Waals surface area contributed by atoms with Crippen LogP contribution >= 0.6 is 0 Å². The Kier molecular flexibility index (Phi) is 7.65. The Labute approximate surface area is 150 Å². The molecule has 0 amide bonds. The molecular weight excluding hydrogens is 319 g/mol. The number of nitrogens with one attached hydrogen (secondary N) is 1. The van der Waals surface area contributed by atoms with E-state index < -0.39 is 0 Å². The van der Waals surface area contributed by atoms with Crippen LogP contribution in [-0.4, -0.2) is 63.2 Å². The third-order valence-electron chi connectivity index (χ3n) is 4.40. The van der Waals surface area contributed by atoms with Crippen LogP contribution in [0.2, 0.25) is 0 Å². The summed E-state index contributed by atoms with van der Waals surface area (Å²) in [7, 11) is 5.69. The molecule has 0 radical (unpaired) electrons. The minimum absolute atomic E-state index is 0.153. The Hall–Kier alpha value is -1.66. The lowest BCUT2D eigenvalue weighted by atomic mass is 10.1. The molecule has 1 aromatic rings. The quantitative estimate of drug-likeness (QED) is 0.605. The van der Waals surface area contributed by atoms with Gasteiger partial charge in [-0.25, -0.2) is 4.39 Å². The molecule has 1 fully saturated rings. The number of likely N-dealkylation sites (tertiary alicyclic amines) is 1. The molecule has 0 aliphatic carbocycles. The van der Waals surface area contributed by atoms with Gasteiger partial charge in [0.05, 0.1) is 6.61 Å². The van der Waals surface area contributed by atoms with Gasteiger partial charge in [-0.15, -0.1) is 0 Å². The summed E-state index contributed by atoms with van der Waals surface area (Å²) < 4.78 is 19.4. The van der Waals surface area contributed by atoms with Gasteiger partial charge < -0.3 is 19.9 Å². The molecule has 1 atom stereocenters. The molecule has 1 aromatic carbocycles. The van der Waals surface area contributed by atoms with Crippen LogP contribution in [0.4, 0.5) is 4.39 Å². The van der Waals surface area contributed by atoms with Gasteiger partial charge >= 0.3 is 0 Å². The highest BCUT2D eigenvalue weighted by atomic mass is 19.1. The predicted molar refractivity (Wildman–Crippen MR) is 100 cm³/mol. The first kappa shape index (κ1) is 19.7. The lowest BCUT2D eigenvalue weighted by molar-refractivity contribution is 0.114. The Morgan fingerprint density at radius 2 is 2.24 bits per heavy atom. The minimum atomic E-state index is -0.153. The third kappa shape index (κ3) is 5.97. The maximum absolute atomic E-state index is 13.9.